The molecular weight excluding hydrogens is 344 g/mol. The quantitative estimate of drug-likeness (QED) is 0.514. The summed E-state index contributed by atoms with van der Waals surface area (Å²) in [6, 6.07) is 0. The first-order chi connectivity index (χ1) is 11.8. The summed E-state index contributed by atoms with van der Waals surface area (Å²) >= 11 is 0. The van der Waals surface area contributed by atoms with Crippen molar-refractivity contribution in [2.75, 3.05) is 0 Å². The van der Waals surface area contributed by atoms with Gasteiger partial charge in [0, 0.05) is 32.3 Å². The standard InChI is InChI=1S/C18H26O8/c1-10(23-11(2)19)15(24-12(3)20)16(25-13(4)21)18(7)17(5,6)9-8-14(22)26-18/h8-10,15-16H,1-7H3/t10-,15-,16-,18-/m0/s1. The molecule has 4 atom stereocenters. The zero-order chi connectivity index (χ0) is 20.3. The van der Waals surface area contributed by atoms with Crippen molar-refractivity contribution >= 4 is 23.9 Å². The van der Waals surface area contributed by atoms with Crippen molar-refractivity contribution in [1.29, 1.82) is 0 Å². The lowest BCUT2D eigenvalue weighted by atomic mass is 9.69. The Labute approximate surface area is 152 Å². The molecule has 8 heteroatoms. The molecule has 0 N–H and O–H groups in total. The first kappa shape index (κ1) is 21.7. The molecule has 0 unspecified atom stereocenters. The SMILES string of the molecule is CC(=O)O[C@@H]([C@H](C)OC(C)=O)[C@H](OC(C)=O)[C@]1(C)OC(=O)C=CC1(C)C. The van der Waals surface area contributed by atoms with Gasteiger partial charge < -0.3 is 18.9 Å². The minimum absolute atomic E-state index is 0.596. The number of hydrogen-bond acceptors (Lipinski definition) is 8. The Morgan fingerprint density at radius 2 is 1.46 bits per heavy atom. The molecule has 26 heavy (non-hydrogen) atoms. The monoisotopic (exact) mass is 370 g/mol. The molecule has 1 aliphatic heterocycles. The molecule has 0 aromatic rings. The van der Waals surface area contributed by atoms with E-state index in [-0.39, 0.29) is 0 Å². The Morgan fingerprint density at radius 3 is 1.92 bits per heavy atom. The Hall–Kier alpha value is -2.38. The van der Waals surface area contributed by atoms with E-state index < -0.39 is 53.2 Å². The fourth-order valence-electron chi connectivity index (χ4n) is 2.84. The van der Waals surface area contributed by atoms with Crippen LogP contribution < -0.4 is 0 Å². The highest BCUT2D eigenvalue weighted by atomic mass is 16.6. The fraction of sp³-hybridized carbons (Fsp3) is 0.667. The predicted octanol–water partition coefficient (Wildman–Crippen LogP) is 1.70. The molecule has 0 spiro atoms. The topological polar surface area (TPSA) is 105 Å². The van der Waals surface area contributed by atoms with E-state index in [1.165, 1.54) is 33.8 Å². The Kier molecular flexibility index (Phi) is 6.57. The average Bonchev–Trinajstić information content (AvgIpc) is 2.46. The average molecular weight is 370 g/mol. The number of rotatable bonds is 6. The van der Waals surface area contributed by atoms with Crippen LogP contribution in [0.2, 0.25) is 0 Å². The van der Waals surface area contributed by atoms with E-state index in [2.05, 4.69) is 0 Å². The van der Waals surface area contributed by atoms with Crippen LogP contribution in [0.5, 0.6) is 0 Å². The second kappa shape index (κ2) is 7.88. The molecule has 0 radical (unpaired) electrons. The number of carbonyl (C=O) groups excluding carboxylic acids is 4. The van der Waals surface area contributed by atoms with Crippen LogP contribution in [0.1, 0.15) is 48.5 Å². The number of hydrogen-bond donors (Lipinski definition) is 0. The maximum atomic E-state index is 11.9. The summed E-state index contributed by atoms with van der Waals surface area (Å²) in [6.45, 7) is 10.2. The van der Waals surface area contributed by atoms with Gasteiger partial charge in [0.2, 0.25) is 0 Å². The predicted molar refractivity (Wildman–Crippen MR) is 89.8 cm³/mol. The molecule has 146 valence electrons. The van der Waals surface area contributed by atoms with Crippen molar-refractivity contribution in [3.8, 4) is 0 Å². The molecule has 0 fully saturated rings. The van der Waals surface area contributed by atoms with E-state index in [4.69, 9.17) is 18.9 Å². The second-order valence-corrected chi connectivity index (χ2v) is 7.00. The summed E-state index contributed by atoms with van der Waals surface area (Å²) in [5, 5.41) is 0. The van der Waals surface area contributed by atoms with E-state index in [0.717, 1.165) is 0 Å². The van der Waals surface area contributed by atoms with Crippen LogP contribution in [-0.2, 0) is 38.1 Å². The number of ether oxygens (including phenoxy) is 4. The summed E-state index contributed by atoms with van der Waals surface area (Å²) < 4.78 is 21.4. The van der Waals surface area contributed by atoms with Gasteiger partial charge in [0.15, 0.2) is 17.8 Å². The molecule has 0 amide bonds. The van der Waals surface area contributed by atoms with Gasteiger partial charge in [-0.2, -0.15) is 0 Å². The first-order valence-corrected chi connectivity index (χ1v) is 8.24. The van der Waals surface area contributed by atoms with E-state index in [1.807, 2.05) is 0 Å². The highest BCUT2D eigenvalue weighted by molar-refractivity contribution is 5.83. The zero-order valence-electron chi connectivity index (χ0n) is 16.2. The number of carbonyl (C=O) groups is 4. The molecule has 1 aliphatic rings. The molecule has 0 bridgehead atoms. The third-order valence-electron chi connectivity index (χ3n) is 4.48. The van der Waals surface area contributed by atoms with Gasteiger partial charge in [-0.15, -0.1) is 0 Å². The van der Waals surface area contributed by atoms with Crippen molar-refractivity contribution in [3.63, 3.8) is 0 Å². The minimum atomic E-state index is -1.38. The summed E-state index contributed by atoms with van der Waals surface area (Å²) in [7, 11) is 0. The third-order valence-corrected chi connectivity index (χ3v) is 4.48. The molecule has 0 saturated carbocycles. The summed E-state index contributed by atoms with van der Waals surface area (Å²) in [5.41, 5.74) is -2.14. The molecule has 1 rings (SSSR count). The van der Waals surface area contributed by atoms with Gasteiger partial charge in [-0.05, 0) is 13.8 Å². The molecule has 8 nitrogen and oxygen atoms in total. The zero-order valence-corrected chi connectivity index (χ0v) is 16.2. The van der Waals surface area contributed by atoms with Gasteiger partial charge in [-0.3, -0.25) is 14.4 Å². The Morgan fingerprint density at radius 1 is 0.962 bits per heavy atom. The first-order valence-electron chi connectivity index (χ1n) is 8.24. The normalized spacial score (nSPS) is 24.7. The summed E-state index contributed by atoms with van der Waals surface area (Å²) in [6.07, 6.45) is -0.413. The van der Waals surface area contributed by atoms with Gasteiger partial charge in [0.25, 0.3) is 0 Å². The van der Waals surface area contributed by atoms with E-state index in [1.54, 1.807) is 26.8 Å². The van der Waals surface area contributed by atoms with Crippen LogP contribution in [0.3, 0.4) is 0 Å². The van der Waals surface area contributed by atoms with Crippen molar-refractivity contribution in [2.45, 2.75) is 72.4 Å². The van der Waals surface area contributed by atoms with Crippen LogP contribution in [0.4, 0.5) is 0 Å². The van der Waals surface area contributed by atoms with Crippen molar-refractivity contribution in [2.24, 2.45) is 5.41 Å². The Bertz CT molecular complexity index is 621. The lowest BCUT2D eigenvalue weighted by molar-refractivity contribution is -0.228. The van der Waals surface area contributed by atoms with Crippen molar-refractivity contribution in [1.82, 2.24) is 0 Å². The van der Waals surface area contributed by atoms with Gasteiger partial charge in [-0.1, -0.05) is 19.9 Å². The van der Waals surface area contributed by atoms with Crippen molar-refractivity contribution in [3.05, 3.63) is 12.2 Å². The maximum absolute atomic E-state index is 11.9. The summed E-state index contributed by atoms with van der Waals surface area (Å²) in [5.74, 6) is -2.54. The van der Waals surface area contributed by atoms with Crippen LogP contribution >= 0.6 is 0 Å². The van der Waals surface area contributed by atoms with Crippen LogP contribution in [0.25, 0.3) is 0 Å². The minimum Gasteiger partial charge on any atom is -0.459 e. The summed E-state index contributed by atoms with van der Waals surface area (Å²) in [4.78, 5) is 46.6. The van der Waals surface area contributed by atoms with Gasteiger partial charge in [0.05, 0.1) is 0 Å². The van der Waals surface area contributed by atoms with E-state index >= 15 is 0 Å². The maximum Gasteiger partial charge on any atom is 0.331 e. The van der Waals surface area contributed by atoms with Gasteiger partial charge in [-0.25, -0.2) is 4.79 Å². The smallest absolute Gasteiger partial charge is 0.331 e. The van der Waals surface area contributed by atoms with Gasteiger partial charge >= 0.3 is 23.9 Å². The highest BCUT2D eigenvalue weighted by Gasteiger charge is 2.57. The molecular formula is C18H26O8. The van der Waals surface area contributed by atoms with E-state index in [9.17, 15) is 19.2 Å². The van der Waals surface area contributed by atoms with E-state index in [0.29, 0.717) is 0 Å². The molecule has 0 aliphatic carbocycles. The number of cyclic esters (lactones) is 1. The molecule has 0 aromatic carbocycles. The van der Waals surface area contributed by atoms with Crippen LogP contribution in [0, 0.1) is 5.41 Å². The molecule has 1 heterocycles. The van der Waals surface area contributed by atoms with Crippen LogP contribution in [0.15, 0.2) is 12.2 Å². The lowest BCUT2D eigenvalue weighted by Gasteiger charge is -2.49. The highest BCUT2D eigenvalue weighted by Crippen LogP contribution is 2.44. The number of esters is 4. The largest absolute Gasteiger partial charge is 0.459 e. The molecule has 0 aromatic heterocycles. The molecule has 0 saturated heterocycles. The third kappa shape index (κ3) is 4.83. The van der Waals surface area contributed by atoms with Crippen molar-refractivity contribution < 1.29 is 38.1 Å². The fourth-order valence-corrected chi connectivity index (χ4v) is 2.84. The second-order valence-electron chi connectivity index (χ2n) is 7.00. The van der Waals surface area contributed by atoms with Gasteiger partial charge in [0.1, 0.15) is 6.10 Å². The lowest BCUT2D eigenvalue weighted by Crippen LogP contribution is -2.63. The Balaban J connectivity index is 3.45. The van der Waals surface area contributed by atoms with Crippen LogP contribution in [-0.4, -0.2) is 47.8 Å².